The maximum absolute atomic E-state index is 12.0. The molecule has 1 N–H and O–H groups in total. The smallest absolute Gasteiger partial charge is 0.339 e. The minimum Gasteiger partial charge on any atom is -0.452 e. The monoisotopic (exact) mass is 356 g/mol. The zero-order chi connectivity index (χ0) is 17.9. The van der Waals surface area contributed by atoms with E-state index in [0.29, 0.717) is 6.42 Å². The van der Waals surface area contributed by atoms with Crippen molar-refractivity contribution >= 4 is 27.4 Å². The predicted molar refractivity (Wildman–Crippen MR) is 83.3 cm³/mol. The number of nitrogens with one attached hydrogen (secondary N) is 1. The van der Waals surface area contributed by atoms with Gasteiger partial charge in [0.15, 0.2) is 16.4 Å². The largest absolute Gasteiger partial charge is 0.452 e. The summed E-state index contributed by atoms with van der Waals surface area (Å²) in [5.74, 6) is -1.58. The van der Waals surface area contributed by atoms with Gasteiger partial charge in [-0.2, -0.15) is 0 Å². The molecule has 0 saturated carbocycles. The summed E-state index contributed by atoms with van der Waals surface area (Å²) >= 11 is 0. The molecule has 0 bridgehead atoms. The number of esters is 1. The van der Waals surface area contributed by atoms with Crippen molar-refractivity contribution in [3.63, 3.8) is 0 Å². The van der Waals surface area contributed by atoms with E-state index in [9.17, 15) is 28.1 Å². The van der Waals surface area contributed by atoms with E-state index in [1.54, 1.807) is 0 Å². The number of carbonyl (C=O) groups is 2. The Balaban J connectivity index is 1.93. The Morgan fingerprint density at radius 1 is 1.42 bits per heavy atom. The molecule has 1 aromatic carbocycles. The highest BCUT2D eigenvalue weighted by Crippen LogP contribution is 2.21. The summed E-state index contributed by atoms with van der Waals surface area (Å²) in [6, 6.07) is 3.50. The van der Waals surface area contributed by atoms with Crippen LogP contribution in [-0.2, 0) is 19.4 Å². The van der Waals surface area contributed by atoms with Crippen molar-refractivity contribution < 1.29 is 27.7 Å². The normalized spacial score (nSPS) is 18.8. The van der Waals surface area contributed by atoms with Crippen molar-refractivity contribution in [1.82, 2.24) is 5.32 Å². The summed E-state index contributed by atoms with van der Waals surface area (Å²) in [6.45, 7) is 0.829. The highest BCUT2D eigenvalue weighted by Gasteiger charge is 2.29. The third-order valence-corrected chi connectivity index (χ3v) is 5.42. The Morgan fingerprint density at radius 2 is 2.12 bits per heavy atom. The summed E-state index contributed by atoms with van der Waals surface area (Å²) in [7, 11) is -3.12. The molecule has 24 heavy (non-hydrogen) atoms. The number of nitrogens with zero attached hydrogens (tertiary/aromatic N) is 1. The number of benzene rings is 1. The maximum atomic E-state index is 12.0. The number of amides is 1. The minimum atomic E-state index is -3.12. The third kappa shape index (κ3) is 4.28. The quantitative estimate of drug-likeness (QED) is 0.457. The van der Waals surface area contributed by atoms with E-state index in [1.165, 1.54) is 25.1 Å². The Bertz CT molecular complexity index is 788. The maximum Gasteiger partial charge on any atom is 0.339 e. The first-order valence-electron chi connectivity index (χ1n) is 7.10. The summed E-state index contributed by atoms with van der Waals surface area (Å²) in [5.41, 5.74) is -0.0692. The molecule has 1 aromatic rings. The van der Waals surface area contributed by atoms with Crippen molar-refractivity contribution in [2.45, 2.75) is 19.4 Å². The van der Waals surface area contributed by atoms with Crippen molar-refractivity contribution in [1.29, 1.82) is 0 Å². The third-order valence-electron chi connectivity index (χ3n) is 3.65. The second-order valence-electron chi connectivity index (χ2n) is 5.45. The molecule has 1 atom stereocenters. The second kappa shape index (κ2) is 6.95. The minimum absolute atomic E-state index is 0.000411. The highest BCUT2D eigenvalue weighted by atomic mass is 32.2. The molecular formula is C14H16N2O7S. The first kappa shape index (κ1) is 17.9. The van der Waals surface area contributed by atoms with Crippen LogP contribution in [0.3, 0.4) is 0 Å². The lowest BCUT2D eigenvalue weighted by molar-refractivity contribution is -0.385. The van der Waals surface area contributed by atoms with E-state index in [2.05, 4.69) is 5.32 Å². The number of carbonyl (C=O) groups excluding carboxylic acids is 2. The molecule has 0 unspecified atom stereocenters. The first-order valence-corrected chi connectivity index (χ1v) is 8.92. The molecule has 130 valence electrons. The van der Waals surface area contributed by atoms with E-state index in [1.807, 2.05) is 0 Å². The Morgan fingerprint density at radius 3 is 2.71 bits per heavy atom. The highest BCUT2D eigenvalue weighted by molar-refractivity contribution is 7.91. The van der Waals surface area contributed by atoms with E-state index in [0.717, 1.165) is 0 Å². The van der Waals surface area contributed by atoms with Gasteiger partial charge in [0, 0.05) is 17.7 Å². The average Bonchev–Trinajstić information content (AvgIpc) is 2.83. The van der Waals surface area contributed by atoms with Crippen molar-refractivity contribution in [3.05, 3.63) is 39.4 Å². The number of hydrogen-bond acceptors (Lipinski definition) is 7. The Hall–Kier alpha value is -2.49. The Labute approximate surface area is 138 Å². The van der Waals surface area contributed by atoms with Gasteiger partial charge < -0.3 is 10.1 Å². The fraction of sp³-hybridized carbons (Fsp3) is 0.429. The molecule has 1 aliphatic rings. The standard InChI is InChI=1S/C14H16N2O7S/c1-9-11(3-2-4-12(9)16(19)20)14(18)23-7-13(17)15-10-5-6-24(21,22)8-10/h2-4,10H,5-8H2,1H3,(H,15,17)/t10-/m1/s1. The van der Waals surface area contributed by atoms with Crippen molar-refractivity contribution in [3.8, 4) is 0 Å². The van der Waals surface area contributed by atoms with Gasteiger partial charge in [-0.25, -0.2) is 13.2 Å². The summed E-state index contributed by atoms with van der Waals surface area (Å²) in [5, 5.41) is 13.3. The van der Waals surface area contributed by atoms with Crippen molar-refractivity contribution in [2.24, 2.45) is 0 Å². The van der Waals surface area contributed by atoms with E-state index >= 15 is 0 Å². The zero-order valence-electron chi connectivity index (χ0n) is 12.9. The lowest BCUT2D eigenvalue weighted by atomic mass is 10.1. The second-order valence-corrected chi connectivity index (χ2v) is 7.68. The lowest BCUT2D eigenvalue weighted by Crippen LogP contribution is -2.38. The molecule has 0 aromatic heterocycles. The van der Waals surface area contributed by atoms with Crippen LogP contribution in [0.4, 0.5) is 5.69 Å². The fourth-order valence-electron chi connectivity index (χ4n) is 2.43. The molecule has 0 radical (unpaired) electrons. The summed E-state index contributed by atoms with van der Waals surface area (Å²) in [6.07, 6.45) is 0.325. The molecule has 1 aliphatic heterocycles. The van der Waals surface area contributed by atoms with Crippen LogP contribution in [0.15, 0.2) is 18.2 Å². The van der Waals surface area contributed by atoms with Crippen LogP contribution < -0.4 is 5.32 Å². The molecule has 0 aliphatic carbocycles. The van der Waals surface area contributed by atoms with Gasteiger partial charge in [-0.3, -0.25) is 14.9 Å². The number of ether oxygens (including phenoxy) is 1. The molecular weight excluding hydrogens is 340 g/mol. The molecule has 2 rings (SSSR count). The van der Waals surface area contributed by atoms with E-state index in [-0.39, 0.29) is 28.3 Å². The van der Waals surface area contributed by atoms with Crippen LogP contribution in [0, 0.1) is 17.0 Å². The average molecular weight is 356 g/mol. The van der Waals surface area contributed by atoms with Crippen LogP contribution in [0.1, 0.15) is 22.3 Å². The van der Waals surface area contributed by atoms with Gasteiger partial charge in [-0.1, -0.05) is 6.07 Å². The number of nitro groups is 1. The van der Waals surface area contributed by atoms with Gasteiger partial charge in [-0.15, -0.1) is 0 Å². The summed E-state index contributed by atoms with van der Waals surface area (Å²) in [4.78, 5) is 33.9. The molecule has 1 saturated heterocycles. The first-order chi connectivity index (χ1) is 11.2. The lowest BCUT2D eigenvalue weighted by Gasteiger charge is -2.11. The van der Waals surface area contributed by atoms with Crippen LogP contribution in [0.5, 0.6) is 0 Å². The van der Waals surface area contributed by atoms with Crippen molar-refractivity contribution in [2.75, 3.05) is 18.1 Å². The topological polar surface area (TPSA) is 133 Å². The van der Waals surface area contributed by atoms with Crippen LogP contribution in [0.2, 0.25) is 0 Å². The van der Waals surface area contributed by atoms with Gasteiger partial charge in [0.05, 0.1) is 22.0 Å². The van der Waals surface area contributed by atoms with Gasteiger partial charge in [0.25, 0.3) is 11.6 Å². The molecule has 1 fully saturated rings. The predicted octanol–water partition coefficient (Wildman–Crippen LogP) is 0.363. The fourth-order valence-corrected chi connectivity index (χ4v) is 4.10. The SMILES string of the molecule is Cc1c(C(=O)OCC(=O)N[C@@H]2CCS(=O)(=O)C2)cccc1[N+](=O)[O-]. The van der Waals surface area contributed by atoms with E-state index < -0.39 is 39.3 Å². The van der Waals surface area contributed by atoms with Gasteiger partial charge in [0.2, 0.25) is 0 Å². The van der Waals surface area contributed by atoms with E-state index in [4.69, 9.17) is 4.74 Å². The van der Waals surface area contributed by atoms with Crippen LogP contribution in [0.25, 0.3) is 0 Å². The number of nitro benzene ring substituents is 1. The number of rotatable bonds is 5. The molecule has 10 heteroatoms. The van der Waals surface area contributed by atoms with Gasteiger partial charge in [-0.05, 0) is 19.4 Å². The molecule has 1 amide bonds. The summed E-state index contributed by atoms with van der Waals surface area (Å²) < 4.78 is 27.5. The molecule has 9 nitrogen and oxygen atoms in total. The number of sulfone groups is 1. The van der Waals surface area contributed by atoms with Crippen LogP contribution in [-0.4, -0.2) is 49.4 Å². The van der Waals surface area contributed by atoms with Crippen LogP contribution >= 0.6 is 0 Å². The van der Waals surface area contributed by atoms with Gasteiger partial charge >= 0.3 is 5.97 Å². The zero-order valence-corrected chi connectivity index (χ0v) is 13.7. The number of hydrogen-bond donors (Lipinski definition) is 1. The molecule has 0 spiro atoms. The Kier molecular flexibility index (Phi) is 5.17. The molecule has 1 heterocycles. The van der Waals surface area contributed by atoms with Gasteiger partial charge in [0.1, 0.15) is 0 Å².